The fraction of sp³-hybridized carbons (Fsp3) is 0.0714. The van der Waals surface area contributed by atoms with Gasteiger partial charge in [0.25, 0.3) is 5.91 Å². The molecule has 0 fully saturated rings. The summed E-state index contributed by atoms with van der Waals surface area (Å²) in [5.41, 5.74) is 0.750. The molecule has 0 spiro atoms. The SMILES string of the molecule is COc1cc(NC(=O)c2cc(I)ccc2O)ccc1Cl. The van der Waals surface area contributed by atoms with Crippen LogP contribution in [0.2, 0.25) is 5.02 Å². The monoisotopic (exact) mass is 403 g/mol. The first-order valence-corrected chi connectivity index (χ1v) is 7.10. The Bertz CT molecular complexity index is 661. The molecule has 0 radical (unpaired) electrons. The maximum Gasteiger partial charge on any atom is 0.259 e. The lowest BCUT2D eigenvalue weighted by atomic mass is 10.2. The summed E-state index contributed by atoms with van der Waals surface area (Å²) in [6.45, 7) is 0. The van der Waals surface area contributed by atoms with Gasteiger partial charge < -0.3 is 15.2 Å². The molecule has 0 aliphatic rings. The number of methoxy groups -OCH3 is 1. The van der Waals surface area contributed by atoms with Gasteiger partial charge in [-0.1, -0.05) is 11.6 Å². The third-order valence-corrected chi connectivity index (χ3v) is 3.60. The van der Waals surface area contributed by atoms with Crippen molar-refractivity contribution in [2.75, 3.05) is 12.4 Å². The molecule has 2 N–H and O–H groups in total. The van der Waals surface area contributed by atoms with Crippen LogP contribution in [-0.2, 0) is 0 Å². The number of carbonyl (C=O) groups excluding carboxylic acids is 1. The third-order valence-electron chi connectivity index (χ3n) is 2.61. The molecule has 6 heteroatoms. The minimum Gasteiger partial charge on any atom is -0.507 e. The van der Waals surface area contributed by atoms with E-state index >= 15 is 0 Å². The Morgan fingerprint density at radius 1 is 1.30 bits per heavy atom. The number of benzene rings is 2. The summed E-state index contributed by atoms with van der Waals surface area (Å²) in [6.07, 6.45) is 0. The molecule has 2 aromatic rings. The molecule has 0 saturated carbocycles. The summed E-state index contributed by atoms with van der Waals surface area (Å²) < 4.78 is 5.94. The maximum atomic E-state index is 12.1. The topological polar surface area (TPSA) is 58.6 Å². The van der Waals surface area contributed by atoms with Gasteiger partial charge >= 0.3 is 0 Å². The van der Waals surface area contributed by atoms with E-state index in [2.05, 4.69) is 27.9 Å². The van der Waals surface area contributed by atoms with E-state index in [0.29, 0.717) is 16.5 Å². The molecular weight excluding hydrogens is 393 g/mol. The Hall–Kier alpha value is -1.47. The number of phenols is 1. The van der Waals surface area contributed by atoms with Gasteiger partial charge in [-0.25, -0.2) is 0 Å². The second-order valence-electron chi connectivity index (χ2n) is 3.96. The number of rotatable bonds is 3. The van der Waals surface area contributed by atoms with Crippen molar-refractivity contribution in [2.24, 2.45) is 0 Å². The first-order valence-electron chi connectivity index (χ1n) is 5.64. The quantitative estimate of drug-likeness (QED) is 0.764. The summed E-state index contributed by atoms with van der Waals surface area (Å²) in [5, 5.41) is 12.9. The predicted molar refractivity (Wildman–Crippen MR) is 86.8 cm³/mol. The van der Waals surface area contributed by atoms with Crippen molar-refractivity contribution < 1.29 is 14.6 Å². The Labute approximate surface area is 134 Å². The predicted octanol–water partition coefficient (Wildman–Crippen LogP) is 3.91. The van der Waals surface area contributed by atoms with Gasteiger partial charge in [0.2, 0.25) is 0 Å². The molecule has 2 aromatic carbocycles. The number of amides is 1. The van der Waals surface area contributed by atoms with Gasteiger partial charge in [0.05, 0.1) is 17.7 Å². The first-order chi connectivity index (χ1) is 9.51. The molecule has 2 rings (SSSR count). The average Bonchev–Trinajstić information content (AvgIpc) is 2.43. The Balaban J connectivity index is 2.25. The molecule has 0 aromatic heterocycles. The van der Waals surface area contributed by atoms with Crippen LogP contribution in [0.25, 0.3) is 0 Å². The second kappa shape index (κ2) is 6.32. The highest BCUT2D eigenvalue weighted by molar-refractivity contribution is 14.1. The molecular formula is C14H11ClINO3. The highest BCUT2D eigenvalue weighted by atomic mass is 127. The minimum atomic E-state index is -0.398. The number of halogens is 2. The van der Waals surface area contributed by atoms with E-state index in [1.54, 1.807) is 30.3 Å². The van der Waals surface area contributed by atoms with Crippen molar-refractivity contribution >= 4 is 45.8 Å². The van der Waals surface area contributed by atoms with Crippen LogP contribution in [0.3, 0.4) is 0 Å². The largest absolute Gasteiger partial charge is 0.507 e. The Morgan fingerprint density at radius 3 is 2.75 bits per heavy atom. The van der Waals surface area contributed by atoms with Crippen molar-refractivity contribution in [1.82, 2.24) is 0 Å². The van der Waals surface area contributed by atoms with Crippen LogP contribution >= 0.6 is 34.2 Å². The van der Waals surface area contributed by atoms with Crippen LogP contribution in [0.1, 0.15) is 10.4 Å². The van der Waals surface area contributed by atoms with Crippen molar-refractivity contribution in [3.63, 3.8) is 0 Å². The normalized spacial score (nSPS) is 10.2. The molecule has 0 saturated heterocycles. The lowest BCUT2D eigenvalue weighted by Gasteiger charge is -2.09. The van der Waals surface area contributed by atoms with Crippen LogP contribution in [-0.4, -0.2) is 18.1 Å². The maximum absolute atomic E-state index is 12.1. The van der Waals surface area contributed by atoms with Crippen LogP contribution in [0.4, 0.5) is 5.69 Å². The zero-order valence-corrected chi connectivity index (χ0v) is 13.4. The van der Waals surface area contributed by atoms with Gasteiger partial charge in [0, 0.05) is 15.3 Å². The number of hydrogen-bond acceptors (Lipinski definition) is 3. The Morgan fingerprint density at radius 2 is 2.05 bits per heavy atom. The summed E-state index contributed by atoms with van der Waals surface area (Å²) >= 11 is 7.99. The number of hydrogen-bond donors (Lipinski definition) is 2. The number of carbonyl (C=O) groups is 1. The van der Waals surface area contributed by atoms with Crippen LogP contribution in [0.15, 0.2) is 36.4 Å². The fourth-order valence-electron chi connectivity index (χ4n) is 1.63. The minimum absolute atomic E-state index is 0.0659. The van der Waals surface area contributed by atoms with Crippen molar-refractivity contribution in [3.8, 4) is 11.5 Å². The lowest BCUT2D eigenvalue weighted by molar-refractivity contribution is 0.102. The van der Waals surface area contributed by atoms with Crippen LogP contribution < -0.4 is 10.1 Å². The number of aromatic hydroxyl groups is 1. The molecule has 1 amide bonds. The highest BCUT2D eigenvalue weighted by Gasteiger charge is 2.12. The van der Waals surface area contributed by atoms with E-state index in [1.165, 1.54) is 13.2 Å². The molecule has 0 aliphatic carbocycles. The average molecular weight is 404 g/mol. The highest BCUT2D eigenvalue weighted by Crippen LogP contribution is 2.28. The first kappa shape index (κ1) is 14.9. The third kappa shape index (κ3) is 3.34. The van der Waals surface area contributed by atoms with Crippen molar-refractivity contribution in [2.45, 2.75) is 0 Å². The smallest absolute Gasteiger partial charge is 0.259 e. The van der Waals surface area contributed by atoms with E-state index < -0.39 is 5.91 Å². The summed E-state index contributed by atoms with van der Waals surface area (Å²) in [7, 11) is 1.50. The van der Waals surface area contributed by atoms with Gasteiger partial charge in [-0.3, -0.25) is 4.79 Å². The molecule has 0 heterocycles. The molecule has 0 atom stereocenters. The number of phenolic OH excluding ortho intramolecular Hbond substituents is 1. The summed E-state index contributed by atoms with van der Waals surface area (Å²) in [6, 6.07) is 9.72. The zero-order chi connectivity index (χ0) is 14.7. The van der Waals surface area contributed by atoms with E-state index in [4.69, 9.17) is 16.3 Å². The van der Waals surface area contributed by atoms with Gasteiger partial charge in [-0.15, -0.1) is 0 Å². The molecule has 4 nitrogen and oxygen atoms in total. The zero-order valence-electron chi connectivity index (χ0n) is 10.5. The van der Waals surface area contributed by atoms with Gasteiger partial charge in [0.15, 0.2) is 0 Å². The van der Waals surface area contributed by atoms with E-state index in [9.17, 15) is 9.90 Å². The lowest BCUT2D eigenvalue weighted by Crippen LogP contribution is -2.12. The standard InChI is InChI=1S/C14H11ClINO3/c1-20-13-7-9(3-4-11(13)15)17-14(19)10-6-8(16)2-5-12(10)18/h2-7,18H,1H3,(H,17,19). The molecule has 0 aliphatic heterocycles. The van der Waals surface area contributed by atoms with E-state index in [0.717, 1.165) is 3.57 Å². The van der Waals surface area contributed by atoms with Crippen LogP contribution in [0, 0.1) is 3.57 Å². The number of anilines is 1. The van der Waals surface area contributed by atoms with Crippen LogP contribution in [0.5, 0.6) is 11.5 Å². The van der Waals surface area contributed by atoms with E-state index in [-0.39, 0.29) is 11.3 Å². The molecule has 0 bridgehead atoms. The van der Waals surface area contributed by atoms with Gasteiger partial charge in [-0.2, -0.15) is 0 Å². The summed E-state index contributed by atoms with van der Waals surface area (Å²) in [5.74, 6) is 0.00515. The fourth-order valence-corrected chi connectivity index (χ4v) is 2.31. The Kier molecular flexibility index (Phi) is 4.72. The number of nitrogens with one attached hydrogen (secondary N) is 1. The van der Waals surface area contributed by atoms with Gasteiger partial charge in [0.1, 0.15) is 11.5 Å². The number of ether oxygens (including phenoxy) is 1. The molecule has 0 unspecified atom stereocenters. The van der Waals surface area contributed by atoms with Gasteiger partial charge in [-0.05, 0) is 52.9 Å². The molecule has 20 heavy (non-hydrogen) atoms. The van der Waals surface area contributed by atoms with Crippen molar-refractivity contribution in [1.29, 1.82) is 0 Å². The van der Waals surface area contributed by atoms with E-state index in [1.807, 2.05) is 0 Å². The summed E-state index contributed by atoms with van der Waals surface area (Å²) in [4.78, 5) is 12.1. The molecule has 104 valence electrons. The van der Waals surface area contributed by atoms with Crippen molar-refractivity contribution in [3.05, 3.63) is 50.6 Å². The second-order valence-corrected chi connectivity index (χ2v) is 5.62.